The number of aliphatic hydroxyl groups is 1. The minimum absolute atomic E-state index is 0.176. The zero-order valence-electron chi connectivity index (χ0n) is 8.53. The van der Waals surface area contributed by atoms with Crippen LogP contribution in [0, 0.1) is 5.82 Å². The molecule has 0 saturated carbocycles. The van der Waals surface area contributed by atoms with Crippen LogP contribution >= 0.6 is 38.9 Å². The summed E-state index contributed by atoms with van der Waals surface area (Å²) in [5.41, 5.74) is 0.443. The van der Waals surface area contributed by atoms with Gasteiger partial charge in [-0.05, 0) is 23.8 Å². The number of aromatic nitrogens is 1. The summed E-state index contributed by atoms with van der Waals surface area (Å²) < 4.78 is 14.8. The first-order chi connectivity index (χ1) is 8.06. The summed E-state index contributed by atoms with van der Waals surface area (Å²) in [7, 11) is 0. The van der Waals surface area contributed by atoms with Gasteiger partial charge in [0.2, 0.25) is 0 Å². The number of hydrogen-bond donors (Lipinski definition) is 1. The van der Waals surface area contributed by atoms with Crippen molar-refractivity contribution in [3.8, 4) is 0 Å². The Balaban J connectivity index is 2.18. The van der Waals surface area contributed by atoms with Crippen molar-refractivity contribution < 1.29 is 9.50 Å². The summed E-state index contributed by atoms with van der Waals surface area (Å²) in [5.74, 6) is -0.338. The maximum Gasteiger partial charge on any atom is 0.126 e. The summed E-state index contributed by atoms with van der Waals surface area (Å²) in [6.07, 6.45) is 0.813. The summed E-state index contributed by atoms with van der Waals surface area (Å²) in [4.78, 5) is 3.97. The van der Waals surface area contributed by atoms with E-state index in [1.165, 1.54) is 23.6 Å². The van der Waals surface area contributed by atoms with Crippen molar-refractivity contribution in [2.45, 2.75) is 12.5 Å². The summed E-state index contributed by atoms with van der Waals surface area (Å²) in [6, 6.07) is 4.63. The van der Waals surface area contributed by atoms with Gasteiger partial charge in [0.25, 0.3) is 0 Å². The fraction of sp³-hybridized carbons (Fsp3) is 0.182. The average Bonchev–Trinajstić information content (AvgIpc) is 2.70. The van der Waals surface area contributed by atoms with E-state index in [1.807, 2.05) is 0 Å². The van der Waals surface area contributed by atoms with Gasteiger partial charge in [0.05, 0.1) is 6.20 Å². The van der Waals surface area contributed by atoms with Gasteiger partial charge in [-0.25, -0.2) is 9.37 Å². The lowest BCUT2D eigenvalue weighted by Crippen LogP contribution is -2.03. The van der Waals surface area contributed by atoms with Gasteiger partial charge in [-0.15, -0.1) is 11.3 Å². The van der Waals surface area contributed by atoms with Gasteiger partial charge in [-0.3, -0.25) is 0 Å². The molecule has 2 aromatic rings. The van der Waals surface area contributed by atoms with Crippen LogP contribution in [0.15, 0.2) is 28.9 Å². The van der Waals surface area contributed by atoms with Crippen LogP contribution < -0.4 is 0 Å². The zero-order valence-corrected chi connectivity index (χ0v) is 11.7. The molecule has 0 radical (unpaired) electrons. The first kappa shape index (κ1) is 13.0. The molecule has 1 N–H and O–H groups in total. The Morgan fingerprint density at radius 2 is 2.29 bits per heavy atom. The summed E-state index contributed by atoms with van der Waals surface area (Å²) >= 11 is 10.2. The molecule has 0 bridgehead atoms. The fourth-order valence-electron chi connectivity index (χ4n) is 1.42. The lowest BCUT2D eigenvalue weighted by molar-refractivity contribution is 0.176. The van der Waals surface area contributed by atoms with Crippen LogP contribution in [0.4, 0.5) is 4.39 Å². The second-order valence-electron chi connectivity index (χ2n) is 3.46. The van der Waals surface area contributed by atoms with E-state index in [9.17, 15) is 9.50 Å². The summed E-state index contributed by atoms with van der Waals surface area (Å²) in [5, 5.41) is 10.4. The molecule has 1 aromatic heterocycles. The van der Waals surface area contributed by atoms with Crippen molar-refractivity contribution in [2.75, 3.05) is 0 Å². The van der Waals surface area contributed by atoms with Crippen molar-refractivity contribution in [3.05, 3.63) is 49.6 Å². The maximum atomic E-state index is 13.5. The lowest BCUT2D eigenvalue weighted by Gasteiger charge is -2.08. The third kappa shape index (κ3) is 3.25. The smallest absolute Gasteiger partial charge is 0.126 e. The van der Waals surface area contributed by atoms with Crippen molar-refractivity contribution in [1.82, 2.24) is 4.98 Å². The molecule has 0 aliphatic heterocycles. The standard InChI is InChI=1S/C11H8BrClFNOS/c12-7-1-2-8(14)6(3-7)4-9(16)11-15-5-10(13)17-11/h1-3,5,9,16H,4H2. The van der Waals surface area contributed by atoms with Gasteiger partial charge >= 0.3 is 0 Å². The van der Waals surface area contributed by atoms with E-state index in [1.54, 1.807) is 12.1 Å². The third-order valence-electron chi connectivity index (χ3n) is 2.20. The van der Waals surface area contributed by atoms with E-state index in [0.717, 1.165) is 4.47 Å². The monoisotopic (exact) mass is 335 g/mol. The van der Waals surface area contributed by atoms with E-state index in [2.05, 4.69) is 20.9 Å². The van der Waals surface area contributed by atoms with Gasteiger partial charge in [-0.2, -0.15) is 0 Å². The van der Waals surface area contributed by atoms with Crippen molar-refractivity contribution >= 4 is 38.9 Å². The predicted octanol–water partition coefficient (Wildman–Crippen LogP) is 3.97. The zero-order chi connectivity index (χ0) is 12.4. The highest BCUT2D eigenvalue weighted by atomic mass is 79.9. The van der Waals surface area contributed by atoms with Crippen molar-refractivity contribution in [1.29, 1.82) is 0 Å². The quantitative estimate of drug-likeness (QED) is 0.920. The highest BCUT2D eigenvalue weighted by molar-refractivity contribution is 9.10. The highest BCUT2D eigenvalue weighted by Crippen LogP contribution is 2.27. The second kappa shape index (κ2) is 5.44. The number of hydrogen-bond acceptors (Lipinski definition) is 3. The minimum atomic E-state index is -0.837. The van der Waals surface area contributed by atoms with Gasteiger partial charge in [0, 0.05) is 10.9 Å². The van der Waals surface area contributed by atoms with Gasteiger partial charge in [0.15, 0.2) is 0 Å². The largest absolute Gasteiger partial charge is 0.386 e. The average molecular weight is 337 g/mol. The van der Waals surface area contributed by atoms with Crippen molar-refractivity contribution in [3.63, 3.8) is 0 Å². The molecule has 1 unspecified atom stereocenters. The Hall–Kier alpha value is -0.490. The van der Waals surface area contributed by atoms with Crippen molar-refractivity contribution in [2.24, 2.45) is 0 Å². The Morgan fingerprint density at radius 1 is 1.53 bits per heavy atom. The number of rotatable bonds is 3. The van der Waals surface area contributed by atoms with Crippen LogP contribution in [-0.2, 0) is 6.42 Å². The number of benzene rings is 1. The lowest BCUT2D eigenvalue weighted by atomic mass is 10.1. The van der Waals surface area contributed by atoms with Crippen LogP contribution in [0.1, 0.15) is 16.7 Å². The third-order valence-corrected chi connectivity index (χ3v) is 3.91. The SMILES string of the molecule is OC(Cc1cc(Br)ccc1F)c1ncc(Cl)s1. The Morgan fingerprint density at radius 3 is 2.94 bits per heavy atom. The molecule has 6 heteroatoms. The topological polar surface area (TPSA) is 33.1 Å². The number of halogens is 3. The summed E-state index contributed by atoms with van der Waals surface area (Å²) in [6.45, 7) is 0. The van der Waals surface area contributed by atoms with Gasteiger partial charge in [-0.1, -0.05) is 27.5 Å². The first-order valence-corrected chi connectivity index (χ1v) is 6.78. The van der Waals surface area contributed by atoms with Crippen LogP contribution in [0.25, 0.3) is 0 Å². The number of nitrogens with zero attached hydrogens (tertiary/aromatic N) is 1. The molecular formula is C11H8BrClFNOS. The van der Waals surface area contributed by atoms with Crippen LogP contribution in [0.2, 0.25) is 4.34 Å². The number of aliphatic hydroxyl groups excluding tert-OH is 1. The first-order valence-electron chi connectivity index (χ1n) is 4.79. The Bertz CT molecular complexity index is 534. The molecular weight excluding hydrogens is 329 g/mol. The van der Waals surface area contributed by atoms with E-state index in [4.69, 9.17) is 11.6 Å². The van der Waals surface area contributed by atoms with Gasteiger partial charge < -0.3 is 5.11 Å². The molecule has 1 heterocycles. The fourth-order valence-corrected chi connectivity index (χ4v) is 2.74. The molecule has 2 nitrogen and oxygen atoms in total. The molecule has 1 atom stereocenters. The molecule has 1 aromatic carbocycles. The highest BCUT2D eigenvalue weighted by Gasteiger charge is 2.15. The molecule has 0 aliphatic carbocycles. The van der Waals surface area contributed by atoms with E-state index >= 15 is 0 Å². The Labute approximate surface area is 115 Å². The Kier molecular flexibility index (Phi) is 4.14. The molecule has 0 fully saturated rings. The van der Waals surface area contributed by atoms with Crippen LogP contribution in [0.5, 0.6) is 0 Å². The van der Waals surface area contributed by atoms with E-state index < -0.39 is 6.10 Å². The normalized spacial score (nSPS) is 12.7. The van der Waals surface area contributed by atoms with E-state index in [0.29, 0.717) is 14.9 Å². The number of thiazole rings is 1. The predicted molar refractivity (Wildman–Crippen MR) is 69.9 cm³/mol. The van der Waals surface area contributed by atoms with Gasteiger partial charge in [0.1, 0.15) is 21.3 Å². The van der Waals surface area contributed by atoms with Crippen LogP contribution in [-0.4, -0.2) is 10.1 Å². The second-order valence-corrected chi connectivity index (χ2v) is 6.07. The molecule has 0 saturated heterocycles. The molecule has 90 valence electrons. The van der Waals surface area contributed by atoms with E-state index in [-0.39, 0.29) is 12.2 Å². The molecule has 0 aliphatic rings. The maximum absolute atomic E-state index is 13.5. The molecule has 0 amide bonds. The molecule has 2 rings (SSSR count). The van der Waals surface area contributed by atoms with Crippen LogP contribution in [0.3, 0.4) is 0 Å². The molecule has 0 spiro atoms. The minimum Gasteiger partial charge on any atom is -0.386 e. The molecule has 17 heavy (non-hydrogen) atoms.